The summed E-state index contributed by atoms with van der Waals surface area (Å²) in [5.41, 5.74) is 4.59. The predicted molar refractivity (Wildman–Crippen MR) is 61.1 cm³/mol. The third kappa shape index (κ3) is 2.14. The summed E-state index contributed by atoms with van der Waals surface area (Å²) in [5.74, 6) is -0.199. The normalized spacial score (nSPS) is 25.2. The molecular weight excluding hydrogens is 222 g/mol. The molecule has 1 aliphatic carbocycles. The number of carbonyl (C=O) groups excluding carboxylic acids is 2. The van der Waals surface area contributed by atoms with Gasteiger partial charge in [-0.25, -0.2) is 4.79 Å². The third-order valence-electron chi connectivity index (χ3n) is 3.62. The van der Waals surface area contributed by atoms with E-state index in [0.29, 0.717) is 12.8 Å². The Bertz CT molecular complexity index is 326. The Balaban J connectivity index is 2.10. The summed E-state index contributed by atoms with van der Waals surface area (Å²) in [4.78, 5) is 25.1. The van der Waals surface area contributed by atoms with Crippen LogP contribution in [0.15, 0.2) is 0 Å². The van der Waals surface area contributed by atoms with Crippen molar-refractivity contribution in [2.75, 3.05) is 13.1 Å². The smallest absolute Gasteiger partial charge is 0.325 e. The molecule has 2 aliphatic rings. The van der Waals surface area contributed by atoms with Crippen molar-refractivity contribution in [2.24, 2.45) is 5.73 Å². The molecule has 0 aromatic rings. The number of nitrogens with one attached hydrogen (secondary N) is 1. The lowest BCUT2D eigenvalue weighted by Gasteiger charge is -2.30. The molecule has 3 amide bonds. The molecule has 1 saturated heterocycles. The topological polar surface area (TPSA) is 95.7 Å². The van der Waals surface area contributed by atoms with E-state index in [4.69, 9.17) is 5.73 Å². The number of aliphatic hydroxyl groups excluding tert-OH is 1. The van der Waals surface area contributed by atoms with E-state index < -0.39 is 17.7 Å². The number of nitrogens with zero attached hydrogens (tertiary/aromatic N) is 1. The molecule has 2 fully saturated rings. The summed E-state index contributed by atoms with van der Waals surface area (Å²) in [7, 11) is 0. The molecule has 0 aromatic carbocycles. The molecule has 0 radical (unpaired) electrons. The number of hydrogen-bond donors (Lipinski definition) is 3. The van der Waals surface area contributed by atoms with Gasteiger partial charge in [-0.3, -0.25) is 9.69 Å². The van der Waals surface area contributed by atoms with Crippen molar-refractivity contribution in [3.05, 3.63) is 0 Å². The summed E-state index contributed by atoms with van der Waals surface area (Å²) in [6.45, 7) is 0.0347. The highest BCUT2D eigenvalue weighted by atomic mass is 16.3. The Morgan fingerprint density at radius 1 is 1.35 bits per heavy atom. The van der Waals surface area contributed by atoms with Crippen molar-refractivity contribution < 1.29 is 14.7 Å². The zero-order chi connectivity index (χ0) is 12.5. The van der Waals surface area contributed by atoms with Gasteiger partial charge in [-0.2, -0.15) is 0 Å². The molecule has 2 rings (SSSR count). The Morgan fingerprint density at radius 3 is 2.59 bits per heavy atom. The van der Waals surface area contributed by atoms with E-state index >= 15 is 0 Å². The van der Waals surface area contributed by atoms with Gasteiger partial charge < -0.3 is 16.2 Å². The van der Waals surface area contributed by atoms with Crippen LogP contribution in [0.4, 0.5) is 4.79 Å². The molecule has 1 atom stereocenters. The first-order chi connectivity index (χ1) is 8.09. The van der Waals surface area contributed by atoms with Gasteiger partial charge in [-0.1, -0.05) is 19.3 Å². The van der Waals surface area contributed by atoms with Crippen LogP contribution in [0.5, 0.6) is 0 Å². The maximum Gasteiger partial charge on any atom is 0.325 e. The van der Waals surface area contributed by atoms with E-state index in [1.54, 1.807) is 0 Å². The largest absolute Gasteiger partial charge is 0.390 e. The number of nitrogens with two attached hydrogens (primary N) is 1. The zero-order valence-corrected chi connectivity index (χ0v) is 9.82. The fourth-order valence-corrected chi connectivity index (χ4v) is 2.62. The Labute approximate surface area is 100 Å². The monoisotopic (exact) mass is 241 g/mol. The molecule has 96 valence electrons. The van der Waals surface area contributed by atoms with Gasteiger partial charge in [-0.05, 0) is 12.8 Å². The number of imide groups is 1. The van der Waals surface area contributed by atoms with Crippen molar-refractivity contribution in [1.82, 2.24) is 10.2 Å². The number of rotatable bonds is 3. The van der Waals surface area contributed by atoms with Crippen molar-refractivity contribution in [2.45, 2.75) is 43.7 Å². The molecule has 6 heteroatoms. The van der Waals surface area contributed by atoms with E-state index in [2.05, 4.69) is 5.32 Å². The number of aliphatic hydroxyl groups is 1. The van der Waals surface area contributed by atoms with Gasteiger partial charge in [0.05, 0.1) is 12.6 Å². The number of hydrogen-bond acceptors (Lipinski definition) is 4. The highest BCUT2D eigenvalue weighted by molar-refractivity contribution is 6.07. The van der Waals surface area contributed by atoms with Gasteiger partial charge in [0.2, 0.25) is 0 Å². The third-order valence-corrected chi connectivity index (χ3v) is 3.62. The lowest BCUT2D eigenvalue weighted by molar-refractivity contribution is -0.133. The Kier molecular flexibility index (Phi) is 3.35. The Hall–Kier alpha value is -1.14. The van der Waals surface area contributed by atoms with Crippen LogP contribution in [-0.4, -0.2) is 46.7 Å². The van der Waals surface area contributed by atoms with E-state index in [1.807, 2.05) is 0 Å². The van der Waals surface area contributed by atoms with E-state index in [-0.39, 0.29) is 19.0 Å². The second kappa shape index (κ2) is 4.62. The minimum absolute atomic E-state index is 0.0110. The minimum Gasteiger partial charge on any atom is -0.390 e. The van der Waals surface area contributed by atoms with Gasteiger partial charge in [0.1, 0.15) is 5.54 Å². The number of β-amino-alcohol motifs (C(OH)–C–C–N with tert-alkyl or cyclic N) is 1. The zero-order valence-electron chi connectivity index (χ0n) is 9.82. The summed E-state index contributed by atoms with van der Waals surface area (Å²) in [6, 6.07) is -0.399. The number of urea groups is 1. The lowest BCUT2D eigenvalue weighted by Crippen LogP contribution is -2.49. The maximum atomic E-state index is 12.2. The first-order valence-corrected chi connectivity index (χ1v) is 6.11. The summed E-state index contributed by atoms with van der Waals surface area (Å²) < 4.78 is 0. The predicted octanol–water partition coefficient (Wildman–Crippen LogP) is -0.439. The van der Waals surface area contributed by atoms with Gasteiger partial charge in [0, 0.05) is 6.54 Å². The van der Waals surface area contributed by atoms with Crippen LogP contribution in [0.2, 0.25) is 0 Å². The van der Waals surface area contributed by atoms with Crippen LogP contribution in [0.1, 0.15) is 32.1 Å². The molecule has 1 saturated carbocycles. The van der Waals surface area contributed by atoms with Gasteiger partial charge >= 0.3 is 6.03 Å². The highest BCUT2D eigenvalue weighted by Crippen LogP contribution is 2.33. The van der Waals surface area contributed by atoms with Crippen LogP contribution in [0.25, 0.3) is 0 Å². The van der Waals surface area contributed by atoms with Crippen LogP contribution in [0, 0.1) is 0 Å². The van der Waals surface area contributed by atoms with Crippen LogP contribution in [-0.2, 0) is 4.79 Å². The first-order valence-electron chi connectivity index (χ1n) is 6.11. The van der Waals surface area contributed by atoms with Crippen molar-refractivity contribution in [1.29, 1.82) is 0 Å². The van der Waals surface area contributed by atoms with Crippen LogP contribution >= 0.6 is 0 Å². The molecular formula is C11H19N3O3. The first kappa shape index (κ1) is 12.3. The molecule has 17 heavy (non-hydrogen) atoms. The van der Waals surface area contributed by atoms with Gasteiger partial charge in [0.15, 0.2) is 0 Å². The molecule has 0 bridgehead atoms. The fourth-order valence-electron chi connectivity index (χ4n) is 2.62. The summed E-state index contributed by atoms with van der Waals surface area (Å²) in [6.07, 6.45) is 3.58. The molecule has 1 spiro atoms. The van der Waals surface area contributed by atoms with E-state index in [0.717, 1.165) is 24.2 Å². The molecule has 1 heterocycles. The summed E-state index contributed by atoms with van der Waals surface area (Å²) in [5, 5.41) is 12.2. The van der Waals surface area contributed by atoms with Crippen LogP contribution in [0.3, 0.4) is 0 Å². The second-order valence-corrected chi connectivity index (χ2v) is 4.88. The highest BCUT2D eigenvalue weighted by Gasteiger charge is 2.51. The van der Waals surface area contributed by atoms with E-state index in [1.165, 1.54) is 0 Å². The average molecular weight is 241 g/mol. The van der Waals surface area contributed by atoms with Crippen LogP contribution < -0.4 is 11.1 Å². The standard InChI is InChI=1S/C11H19N3O3/c12-6-8(15)7-14-9(16)11(13-10(14)17)4-2-1-3-5-11/h8,15H,1-7,12H2,(H,13,17)/t8-/m1/s1. The fraction of sp³-hybridized carbons (Fsp3) is 0.818. The molecule has 0 unspecified atom stereocenters. The number of amides is 3. The van der Waals surface area contributed by atoms with Gasteiger partial charge in [-0.15, -0.1) is 0 Å². The average Bonchev–Trinajstić information content (AvgIpc) is 2.55. The van der Waals surface area contributed by atoms with E-state index in [9.17, 15) is 14.7 Å². The minimum atomic E-state index is -0.844. The molecule has 6 nitrogen and oxygen atoms in total. The van der Waals surface area contributed by atoms with Crippen molar-refractivity contribution >= 4 is 11.9 Å². The summed E-state index contributed by atoms with van der Waals surface area (Å²) >= 11 is 0. The molecule has 4 N–H and O–H groups in total. The quantitative estimate of drug-likeness (QED) is 0.584. The Morgan fingerprint density at radius 2 is 2.00 bits per heavy atom. The molecule has 1 aliphatic heterocycles. The SMILES string of the molecule is NC[C@@H](O)CN1C(=O)NC2(CCCCC2)C1=O. The van der Waals surface area contributed by atoms with Crippen molar-refractivity contribution in [3.63, 3.8) is 0 Å². The molecule has 0 aromatic heterocycles. The maximum absolute atomic E-state index is 12.2. The second-order valence-electron chi connectivity index (χ2n) is 4.88. The van der Waals surface area contributed by atoms with Crippen molar-refractivity contribution in [3.8, 4) is 0 Å². The lowest BCUT2D eigenvalue weighted by atomic mass is 9.82. The van der Waals surface area contributed by atoms with Gasteiger partial charge in [0.25, 0.3) is 5.91 Å². The number of carbonyl (C=O) groups is 2.